The summed E-state index contributed by atoms with van der Waals surface area (Å²) < 4.78 is 34.8. The molecule has 0 aliphatic carbocycles. The molecule has 1 aliphatic heterocycles. The van der Waals surface area contributed by atoms with Gasteiger partial charge in [0.2, 0.25) is 10.0 Å². The molecule has 1 aromatic heterocycles. The van der Waals surface area contributed by atoms with Crippen molar-refractivity contribution < 1.29 is 13.2 Å². The van der Waals surface area contributed by atoms with Crippen molar-refractivity contribution in [1.29, 1.82) is 0 Å². The molecule has 2 heterocycles. The molecule has 0 radical (unpaired) electrons. The Morgan fingerprint density at radius 2 is 1.96 bits per heavy atom. The molecule has 1 fully saturated rings. The lowest BCUT2D eigenvalue weighted by atomic mass is 9.98. The fourth-order valence-corrected chi connectivity index (χ4v) is 5.03. The van der Waals surface area contributed by atoms with Gasteiger partial charge in [0.1, 0.15) is 16.5 Å². The molecule has 1 saturated heterocycles. The molecule has 136 valence electrons. The second-order valence-electron chi connectivity index (χ2n) is 6.35. The normalized spacial score (nSPS) is 16.9. The van der Waals surface area contributed by atoms with Crippen molar-refractivity contribution in [1.82, 2.24) is 13.9 Å². The van der Waals surface area contributed by atoms with E-state index in [2.05, 4.69) is 16.5 Å². The van der Waals surface area contributed by atoms with Crippen LogP contribution in [0.1, 0.15) is 25.6 Å². The Morgan fingerprint density at radius 1 is 1.24 bits per heavy atom. The second kappa shape index (κ2) is 7.58. The Morgan fingerprint density at radius 3 is 2.64 bits per heavy atom. The number of nitrogens with zero attached hydrogens (tertiary/aromatic N) is 3. The van der Waals surface area contributed by atoms with E-state index in [0.29, 0.717) is 24.8 Å². The van der Waals surface area contributed by atoms with Crippen LogP contribution in [0, 0.1) is 5.92 Å². The average Bonchev–Trinajstić information content (AvgIpc) is 3.09. The summed E-state index contributed by atoms with van der Waals surface area (Å²) in [6, 6.07) is 6.80. The van der Waals surface area contributed by atoms with Gasteiger partial charge in [-0.15, -0.1) is 0 Å². The molecule has 25 heavy (non-hydrogen) atoms. The van der Waals surface area contributed by atoms with Crippen molar-refractivity contribution >= 4 is 10.0 Å². The van der Waals surface area contributed by atoms with E-state index in [1.807, 2.05) is 12.4 Å². The number of piperidine rings is 1. The third kappa shape index (κ3) is 3.72. The summed E-state index contributed by atoms with van der Waals surface area (Å²) in [7, 11) is -2.02. The lowest BCUT2D eigenvalue weighted by Gasteiger charge is -2.31. The quantitative estimate of drug-likeness (QED) is 0.791. The second-order valence-corrected chi connectivity index (χ2v) is 8.25. The van der Waals surface area contributed by atoms with Gasteiger partial charge in [-0.25, -0.2) is 13.4 Å². The number of hydrogen-bond acceptors (Lipinski definition) is 4. The Hall–Kier alpha value is -1.86. The Bertz CT molecular complexity index is 808. The first-order valence-electron chi connectivity index (χ1n) is 8.69. The Labute approximate surface area is 149 Å². The van der Waals surface area contributed by atoms with Gasteiger partial charge in [-0.2, -0.15) is 4.31 Å². The molecule has 0 N–H and O–H groups in total. The standard InChI is InChI=1S/C18H25N3O3S/c1-3-18-19-10-13-20(18)14-15-8-11-21(12-9-15)25(22,23)17-7-5-4-6-16(17)24-2/h4-7,10,13,15H,3,8-9,11-12,14H2,1-2H3. The maximum absolute atomic E-state index is 12.9. The van der Waals surface area contributed by atoms with Crippen LogP contribution in [0.15, 0.2) is 41.6 Å². The first-order chi connectivity index (χ1) is 12.1. The summed E-state index contributed by atoms with van der Waals surface area (Å²) in [6.07, 6.45) is 6.47. The molecular weight excluding hydrogens is 338 g/mol. The first-order valence-corrected chi connectivity index (χ1v) is 10.1. The van der Waals surface area contributed by atoms with Gasteiger partial charge in [0.05, 0.1) is 7.11 Å². The van der Waals surface area contributed by atoms with Gasteiger partial charge >= 0.3 is 0 Å². The van der Waals surface area contributed by atoms with Crippen molar-refractivity contribution in [3.8, 4) is 5.75 Å². The lowest BCUT2D eigenvalue weighted by Crippen LogP contribution is -2.39. The van der Waals surface area contributed by atoms with E-state index >= 15 is 0 Å². The predicted molar refractivity (Wildman–Crippen MR) is 96.1 cm³/mol. The predicted octanol–water partition coefficient (Wildman–Crippen LogP) is 2.56. The maximum atomic E-state index is 12.9. The first kappa shape index (κ1) is 17.9. The van der Waals surface area contributed by atoms with E-state index in [-0.39, 0.29) is 4.90 Å². The van der Waals surface area contributed by atoms with E-state index in [9.17, 15) is 8.42 Å². The summed E-state index contributed by atoms with van der Waals surface area (Å²) >= 11 is 0. The number of para-hydroxylation sites is 1. The van der Waals surface area contributed by atoms with Crippen molar-refractivity contribution in [2.75, 3.05) is 20.2 Å². The number of methoxy groups -OCH3 is 1. The minimum atomic E-state index is -3.51. The van der Waals surface area contributed by atoms with Crippen molar-refractivity contribution in [2.45, 2.75) is 37.6 Å². The van der Waals surface area contributed by atoms with E-state index in [4.69, 9.17) is 4.74 Å². The molecule has 0 unspecified atom stereocenters. The van der Waals surface area contributed by atoms with Gasteiger partial charge in [0.25, 0.3) is 0 Å². The number of aromatic nitrogens is 2. The van der Waals surface area contributed by atoms with Crippen LogP contribution in [-0.2, 0) is 23.0 Å². The average molecular weight is 363 g/mol. The van der Waals surface area contributed by atoms with Crippen LogP contribution in [-0.4, -0.2) is 42.5 Å². The summed E-state index contributed by atoms with van der Waals surface area (Å²) in [5, 5.41) is 0. The summed E-state index contributed by atoms with van der Waals surface area (Å²) in [5.41, 5.74) is 0. The topological polar surface area (TPSA) is 64.4 Å². The molecule has 0 saturated carbocycles. The number of benzene rings is 1. The van der Waals surface area contributed by atoms with Crippen LogP contribution in [0.4, 0.5) is 0 Å². The highest BCUT2D eigenvalue weighted by atomic mass is 32.2. The van der Waals surface area contributed by atoms with Crippen LogP contribution in [0.5, 0.6) is 5.75 Å². The van der Waals surface area contributed by atoms with Gasteiger partial charge in [-0.05, 0) is 30.9 Å². The molecule has 1 aromatic carbocycles. The largest absolute Gasteiger partial charge is 0.495 e. The zero-order valence-corrected chi connectivity index (χ0v) is 15.6. The minimum absolute atomic E-state index is 0.249. The molecule has 1 aliphatic rings. The fraction of sp³-hybridized carbons (Fsp3) is 0.500. The third-order valence-electron chi connectivity index (χ3n) is 4.83. The van der Waals surface area contributed by atoms with Crippen LogP contribution in [0.25, 0.3) is 0 Å². The SMILES string of the molecule is CCc1nccn1CC1CCN(S(=O)(=O)c2ccccc2OC)CC1. The molecule has 0 atom stereocenters. The van der Waals surface area contributed by atoms with Crippen molar-refractivity contribution in [3.63, 3.8) is 0 Å². The van der Waals surface area contributed by atoms with Crippen molar-refractivity contribution in [2.24, 2.45) is 5.92 Å². The number of imidazole rings is 1. The molecule has 6 nitrogen and oxygen atoms in total. The molecule has 0 bridgehead atoms. The van der Waals surface area contributed by atoms with Crippen LogP contribution in [0.3, 0.4) is 0 Å². The zero-order chi connectivity index (χ0) is 17.9. The molecule has 2 aromatic rings. The lowest BCUT2D eigenvalue weighted by molar-refractivity contribution is 0.251. The van der Waals surface area contributed by atoms with Crippen molar-refractivity contribution in [3.05, 3.63) is 42.5 Å². The maximum Gasteiger partial charge on any atom is 0.246 e. The van der Waals surface area contributed by atoms with E-state index in [1.165, 1.54) is 7.11 Å². The Kier molecular flexibility index (Phi) is 5.44. The monoisotopic (exact) mass is 363 g/mol. The summed E-state index contributed by atoms with van der Waals surface area (Å²) in [6.45, 7) is 4.09. The molecule has 0 spiro atoms. The Balaban J connectivity index is 1.67. The van der Waals surface area contributed by atoms with Gasteiger partial charge in [0, 0.05) is 38.4 Å². The number of aryl methyl sites for hydroxylation is 1. The summed E-state index contributed by atoms with van der Waals surface area (Å²) in [5.74, 6) is 1.96. The molecular formula is C18H25N3O3S. The minimum Gasteiger partial charge on any atom is -0.495 e. The number of rotatable bonds is 6. The van der Waals surface area contributed by atoms with Crippen LogP contribution >= 0.6 is 0 Å². The van der Waals surface area contributed by atoms with E-state index < -0.39 is 10.0 Å². The van der Waals surface area contributed by atoms with Gasteiger partial charge in [0.15, 0.2) is 0 Å². The third-order valence-corrected chi connectivity index (χ3v) is 6.77. The van der Waals surface area contributed by atoms with Gasteiger partial charge < -0.3 is 9.30 Å². The van der Waals surface area contributed by atoms with Gasteiger partial charge in [-0.1, -0.05) is 19.1 Å². The fourth-order valence-electron chi connectivity index (χ4n) is 3.40. The summed E-state index contributed by atoms with van der Waals surface area (Å²) in [4.78, 5) is 4.60. The number of sulfonamides is 1. The highest BCUT2D eigenvalue weighted by molar-refractivity contribution is 7.89. The highest BCUT2D eigenvalue weighted by Crippen LogP contribution is 2.29. The number of hydrogen-bond donors (Lipinski definition) is 0. The van der Waals surface area contributed by atoms with Crippen LogP contribution < -0.4 is 4.74 Å². The van der Waals surface area contributed by atoms with Gasteiger partial charge in [-0.3, -0.25) is 0 Å². The van der Waals surface area contributed by atoms with E-state index in [1.54, 1.807) is 28.6 Å². The molecule has 0 amide bonds. The molecule has 7 heteroatoms. The smallest absolute Gasteiger partial charge is 0.246 e. The highest BCUT2D eigenvalue weighted by Gasteiger charge is 2.31. The van der Waals surface area contributed by atoms with E-state index in [0.717, 1.165) is 31.6 Å². The zero-order valence-electron chi connectivity index (χ0n) is 14.8. The van der Waals surface area contributed by atoms with Crippen LogP contribution in [0.2, 0.25) is 0 Å². The number of ether oxygens (including phenoxy) is 1. The molecule has 3 rings (SSSR count).